The van der Waals surface area contributed by atoms with Crippen molar-refractivity contribution in [2.24, 2.45) is 5.92 Å². The molecule has 2 aliphatic heterocycles. The average Bonchev–Trinajstić information content (AvgIpc) is 2.54. The fourth-order valence-electron chi connectivity index (χ4n) is 3.32. The summed E-state index contributed by atoms with van der Waals surface area (Å²) in [7, 11) is -3.30. The fraction of sp³-hybridized carbons (Fsp3) is 0.938. The van der Waals surface area contributed by atoms with E-state index in [1.165, 1.54) is 4.31 Å². The third-order valence-electron chi connectivity index (χ3n) is 4.71. The van der Waals surface area contributed by atoms with Gasteiger partial charge in [0, 0.05) is 38.1 Å². The lowest BCUT2D eigenvalue weighted by Crippen LogP contribution is -2.53. The monoisotopic (exact) mass is 397 g/mol. The molecule has 0 aromatic carbocycles. The molecule has 0 bridgehead atoms. The number of ether oxygens (including phenoxy) is 1. The number of carbonyl (C=O) groups is 1. The molecule has 2 fully saturated rings. The van der Waals surface area contributed by atoms with Gasteiger partial charge in [0.25, 0.3) is 0 Å². The quantitative estimate of drug-likeness (QED) is 0.713. The first-order valence-electron chi connectivity index (χ1n) is 8.91. The number of halogens is 1. The molecule has 2 heterocycles. The van der Waals surface area contributed by atoms with E-state index in [4.69, 9.17) is 4.74 Å². The number of piperazine rings is 1. The minimum absolute atomic E-state index is 0. The van der Waals surface area contributed by atoms with Gasteiger partial charge in [-0.2, -0.15) is 4.31 Å². The Kier molecular flexibility index (Phi) is 9.11. The van der Waals surface area contributed by atoms with Crippen LogP contribution in [0.25, 0.3) is 0 Å². The maximum absolute atomic E-state index is 12.6. The van der Waals surface area contributed by atoms with Crippen LogP contribution < -0.4 is 5.32 Å². The maximum atomic E-state index is 12.6. The zero-order chi connectivity index (χ0) is 17.7. The number of sulfonamides is 1. The van der Waals surface area contributed by atoms with Crippen LogP contribution in [-0.2, 0) is 19.6 Å². The highest BCUT2D eigenvalue weighted by molar-refractivity contribution is 7.89. The van der Waals surface area contributed by atoms with Crippen LogP contribution in [0.2, 0.25) is 0 Å². The maximum Gasteiger partial charge on any atom is 0.225 e. The summed E-state index contributed by atoms with van der Waals surface area (Å²) < 4.78 is 31.5. The van der Waals surface area contributed by atoms with Gasteiger partial charge in [-0.05, 0) is 40.2 Å². The van der Waals surface area contributed by atoms with Crippen molar-refractivity contribution in [1.82, 2.24) is 14.5 Å². The normalized spacial score (nSPS) is 25.7. The van der Waals surface area contributed by atoms with E-state index >= 15 is 0 Å². The molecule has 2 aliphatic rings. The van der Waals surface area contributed by atoms with Gasteiger partial charge < -0.3 is 15.0 Å². The predicted molar refractivity (Wildman–Crippen MR) is 100 cm³/mol. The van der Waals surface area contributed by atoms with Crippen LogP contribution in [0.5, 0.6) is 0 Å². The minimum Gasteiger partial charge on any atom is -0.378 e. The molecule has 148 valence electrons. The van der Waals surface area contributed by atoms with E-state index in [0.717, 1.165) is 19.4 Å². The Morgan fingerprint density at radius 2 is 1.88 bits per heavy atom. The van der Waals surface area contributed by atoms with Crippen molar-refractivity contribution >= 4 is 28.3 Å². The summed E-state index contributed by atoms with van der Waals surface area (Å²) in [5.74, 6) is 0.262. The molecule has 0 spiro atoms. The number of rotatable bonds is 6. The van der Waals surface area contributed by atoms with Crippen molar-refractivity contribution < 1.29 is 17.9 Å². The van der Waals surface area contributed by atoms with Gasteiger partial charge in [-0.1, -0.05) is 0 Å². The summed E-state index contributed by atoms with van der Waals surface area (Å²) in [5.41, 5.74) is 0. The first-order chi connectivity index (χ1) is 11.3. The molecule has 9 heteroatoms. The second kappa shape index (κ2) is 10.1. The van der Waals surface area contributed by atoms with E-state index in [9.17, 15) is 13.2 Å². The Bertz CT molecular complexity index is 521. The molecule has 0 saturated carbocycles. The molecule has 7 nitrogen and oxygen atoms in total. The number of hydrogen-bond acceptors (Lipinski definition) is 5. The van der Waals surface area contributed by atoms with Gasteiger partial charge in [0.2, 0.25) is 15.9 Å². The lowest BCUT2D eigenvalue weighted by molar-refractivity contribution is -0.137. The molecule has 0 aromatic heterocycles. The van der Waals surface area contributed by atoms with Gasteiger partial charge in [0.05, 0.1) is 18.5 Å². The first kappa shape index (κ1) is 22.6. The smallest absolute Gasteiger partial charge is 0.225 e. The molecular weight excluding hydrogens is 366 g/mol. The van der Waals surface area contributed by atoms with E-state index in [2.05, 4.69) is 12.2 Å². The summed E-state index contributed by atoms with van der Waals surface area (Å²) in [6.07, 6.45) is 1.76. The number of hydrogen-bond donors (Lipinski definition) is 1. The largest absolute Gasteiger partial charge is 0.378 e. The Morgan fingerprint density at radius 1 is 1.24 bits per heavy atom. The Hall–Kier alpha value is -0.410. The van der Waals surface area contributed by atoms with E-state index in [-0.39, 0.29) is 42.7 Å². The number of piperidine rings is 1. The summed E-state index contributed by atoms with van der Waals surface area (Å²) in [6.45, 7) is 8.71. The standard InChI is InChI=1S/C16H31N3O4S.ClH/c1-13(2)23-10-11-24(21,22)19-8-6-18(7-9-19)16(20)15-4-5-17-14(3)12-15;/h13-15,17H,4-12H2,1-3H3;1H/t14-,15-;/m0./s1. The summed E-state index contributed by atoms with van der Waals surface area (Å²) in [6, 6.07) is 0.371. The van der Waals surface area contributed by atoms with E-state index in [0.29, 0.717) is 32.2 Å². The SMILES string of the molecule is CC(C)OCCS(=O)(=O)N1CCN(C(=O)[C@H]2CCN[C@@H](C)C2)CC1.Cl. The second-order valence-corrected chi connectivity index (χ2v) is 9.12. The highest BCUT2D eigenvalue weighted by Gasteiger charge is 2.33. The molecule has 1 amide bonds. The lowest BCUT2D eigenvalue weighted by Gasteiger charge is -2.37. The van der Waals surface area contributed by atoms with Crippen LogP contribution >= 0.6 is 12.4 Å². The zero-order valence-corrected chi connectivity index (χ0v) is 17.1. The van der Waals surface area contributed by atoms with Crippen LogP contribution in [0.15, 0.2) is 0 Å². The fourth-order valence-corrected chi connectivity index (χ4v) is 4.60. The van der Waals surface area contributed by atoms with Crippen LogP contribution in [0.1, 0.15) is 33.6 Å². The highest BCUT2D eigenvalue weighted by atomic mass is 35.5. The third-order valence-corrected chi connectivity index (χ3v) is 6.54. The molecule has 1 N–H and O–H groups in total. The van der Waals surface area contributed by atoms with Crippen molar-refractivity contribution in [2.75, 3.05) is 45.1 Å². The van der Waals surface area contributed by atoms with Crippen LogP contribution in [0.3, 0.4) is 0 Å². The Morgan fingerprint density at radius 3 is 2.44 bits per heavy atom. The number of carbonyl (C=O) groups excluding carboxylic acids is 1. The van der Waals surface area contributed by atoms with Gasteiger partial charge in [-0.15, -0.1) is 12.4 Å². The molecular formula is C16H32ClN3O4S. The van der Waals surface area contributed by atoms with Crippen molar-refractivity contribution in [3.63, 3.8) is 0 Å². The molecule has 2 atom stereocenters. The molecule has 0 aliphatic carbocycles. The van der Waals surface area contributed by atoms with Gasteiger partial charge in [-0.25, -0.2) is 8.42 Å². The van der Waals surface area contributed by atoms with Crippen LogP contribution in [-0.4, -0.2) is 80.8 Å². The summed E-state index contributed by atoms with van der Waals surface area (Å²) in [4.78, 5) is 14.4. The zero-order valence-electron chi connectivity index (χ0n) is 15.4. The molecule has 0 radical (unpaired) electrons. The van der Waals surface area contributed by atoms with E-state index in [1.807, 2.05) is 18.7 Å². The van der Waals surface area contributed by atoms with Crippen molar-refractivity contribution in [3.05, 3.63) is 0 Å². The number of nitrogens with zero attached hydrogens (tertiary/aromatic N) is 2. The molecule has 2 rings (SSSR count). The predicted octanol–water partition coefficient (Wildman–Crippen LogP) is 0.695. The molecule has 0 aromatic rings. The second-order valence-electron chi connectivity index (χ2n) is 7.04. The third kappa shape index (κ3) is 6.67. The molecule has 2 saturated heterocycles. The summed E-state index contributed by atoms with van der Waals surface area (Å²) >= 11 is 0. The first-order valence-corrected chi connectivity index (χ1v) is 10.5. The van der Waals surface area contributed by atoms with Crippen LogP contribution in [0.4, 0.5) is 0 Å². The molecule has 0 unspecified atom stereocenters. The van der Waals surface area contributed by atoms with Crippen molar-refractivity contribution in [1.29, 1.82) is 0 Å². The number of nitrogens with one attached hydrogen (secondary N) is 1. The van der Waals surface area contributed by atoms with Crippen molar-refractivity contribution in [3.8, 4) is 0 Å². The number of amides is 1. The van der Waals surface area contributed by atoms with Gasteiger partial charge >= 0.3 is 0 Å². The minimum atomic E-state index is -3.30. The Balaban J connectivity index is 0.00000312. The van der Waals surface area contributed by atoms with Crippen molar-refractivity contribution in [2.45, 2.75) is 45.8 Å². The summed E-state index contributed by atoms with van der Waals surface area (Å²) in [5, 5.41) is 3.35. The Labute approximate surface area is 157 Å². The van der Waals surface area contributed by atoms with Gasteiger partial charge in [-0.3, -0.25) is 4.79 Å². The van der Waals surface area contributed by atoms with E-state index in [1.54, 1.807) is 0 Å². The highest BCUT2D eigenvalue weighted by Crippen LogP contribution is 2.20. The average molecular weight is 398 g/mol. The van der Waals surface area contributed by atoms with Crippen LogP contribution in [0, 0.1) is 5.92 Å². The lowest BCUT2D eigenvalue weighted by atomic mass is 9.92. The molecule has 25 heavy (non-hydrogen) atoms. The topological polar surface area (TPSA) is 79.0 Å². The van der Waals surface area contributed by atoms with Gasteiger partial charge in [0.1, 0.15) is 0 Å². The van der Waals surface area contributed by atoms with Gasteiger partial charge in [0.15, 0.2) is 0 Å². The van der Waals surface area contributed by atoms with E-state index < -0.39 is 10.0 Å².